The number of nitrogens with one attached hydrogen (secondary N) is 1. The first-order valence-corrected chi connectivity index (χ1v) is 11.9. The van der Waals surface area contributed by atoms with Gasteiger partial charge in [0, 0.05) is 0 Å². The highest BCUT2D eigenvalue weighted by atomic mass is 35.5. The lowest BCUT2D eigenvalue weighted by Gasteiger charge is -2.27. The van der Waals surface area contributed by atoms with Crippen molar-refractivity contribution in [2.45, 2.75) is 26.6 Å². The summed E-state index contributed by atoms with van der Waals surface area (Å²) in [6.07, 6.45) is -3.56. The third-order valence-corrected chi connectivity index (χ3v) is 6.40. The van der Waals surface area contributed by atoms with Gasteiger partial charge in [-0.2, -0.15) is 13.2 Å². The fourth-order valence-electron chi connectivity index (χ4n) is 3.85. The first-order valence-electron chi connectivity index (χ1n) is 11.5. The van der Waals surface area contributed by atoms with Gasteiger partial charge in [0.1, 0.15) is 12.2 Å². The molecule has 0 unspecified atom stereocenters. The zero-order valence-electron chi connectivity index (χ0n) is 21.0. The van der Waals surface area contributed by atoms with Crippen LogP contribution < -0.4 is 19.7 Å². The average Bonchev–Trinajstić information content (AvgIpc) is 2.87. The molecule has 1 N–H and O–H groups in total. The summed E-state index contributed by atoms with van der Waals surface area (Å²) < 4.78 is 51.0. The lowest BCUT2D eigenvalue weighted by atomic mass is 10.1. The van der Waals surface area contributed by atoms with Crippen molar-refractivity contribution in [1.82, 2.24) is 5.32 Å². The molecule has 0 atom stereocenters. The van der Waals surface area contributed by atoms with Crippen LogP contribution in [0.5, 0.6) is 11.5 Å². The molecule has 0 saturated carbocycles. The van der Waals surface area contributed by atoms with E-state index in [0.29, 0.717) is 28.0 Å². The van der Waals surface area contributed by atoms with Crippen LogP contribution in [-0.4, -0.2) is 25.0 Å². The number of nitrogens with zero attached hydrogens (tertiary/aromatic N) is 1. The van der Waals surface area contributed by atoms with Crippen LogP contribution in [0.25, 0.3) is 6.08 Å². The largest absolute Gasteiger partial charge is 0.493 e. The van der Waals surface area contributed by atoms with E-state index in [-0.39, 0.29) is 11.6 Å². The second kappa shape index (κ2) is 10.8. The van der Waals surface area contributed by atoms with Crippen molar-refractivity contribution >= 4 is 41.2 Å². The maximum Gasteiger partial charge on any atom is 0.416 e. The Morgan fingerprint density at radius 3 is 2.36 bits per heavy atom. The Hall–Kier alpha value is -4.31. The molecule has 0 spiro atoms. The van der Waals surface area contributed by atoms with E-state index in [9.17, 15) is 27.6 Å². The van der Waals surface area contributed by atoms with Crippen LogP contribution in [0.15, 0.2) is 60.2 Å². The second-order valence-corrected chi connectivity index (χ2v) is 9.15. The minimum atomic E-state index is -4.75. The number of hydrogen-bond donors (Lipinski definition) is 1. The van der Waals surface area contributed by atoms with Gasteiger partial charge in [0.05, 0.1) is 23.4 Å². The summed E-state index contributed by atoms with van der Waals surface area (Å²) >= 11 is 6.03. The average molecular weight is 559 g/mol. The van der Waals surface area contributed by atoms with Crippen molar-refractivity contribution in [2.75, 3.05) is 12.0 Å². The quantitative estimate of drug-likeness (QED) is 0.286. The van der Waals surface area contributed by atoms with Crippen molar-refractivity contribution in [1.29, 1.82) is 0 Å². The molecule has 3 aromatic carbocycles. The molecule has 1 fully saturated rings. The number of ether oxygens (including phenoxy) is 2. The van der Waals surface area contributed by atoms with E-state index in [0.717, 1.165) is 28.8 Å². The van der Waals surface area contributed by atoms with Crippen LogP contribution in [0.4, 0.5) is 23.7 Å². The normalized spacial score (nSPS) is 15.0. The molecule has 3 aromatic rings. The van der Waals surface area contributed by atoms with E-state index in [4.69, 9.17) is 21.1 Å². The van der Waals surface area contributed by atoms with Crippen LogP contribution in [0, 0.1) is 13.8 Å². The van der Waals surface area contributed by atoms with Crippen LogP contribution >= 0.6 is 11.6 Å². The molecule has 39 heavy (non-hydrogen) atoms. The highest BCUT2D eigenvalue weighted by molar-refractivity contribution is 6.42. The van der Waals surface area contributed by atoms with E-state index < -0.39 is 40.8 Å². The van der Waals surface area contributed by atoms with E-state index in [1.165, 1.54) is 19.3 Å². The van der Waals surface area contributed by atoms with Gasteiger partial charge < -0.3 is 9.47 Å². The van der Waals surface area contributed by atoms with Crippen molar-refractivity contribution in [3.8, 4) is 11.5 Å². The zero-order valence-corrected chi connectivity index (χ0v) is 21.7. The smallest absolute Gasteiger partial charge is 0.416 e. The summed E-state index contributed by atoms with van der Waals surface area (Å²) in [5.41, 5.74) is 1.45. The first kappa shape index (κ1) is 27.7. The topological polar surface area (TPSA) is 84.9 Å². The molecule has 202 valence electrons. The fourth-order valence-corrected chi connectivity index (χ4v) is 4.05. The highest BCUT2D eigenvalue weighted by Crippen LogP contribution is 2.37. The van der Waals surface area contributed by atoms with Gasteiger partial charge in [-0.25, -0.2) is 9.69 Å². The summed E-state index contributed by atoms with van der Waals surface area (Å²) in [6.45, 7) is 4.28. The van der Waals surface area contributed by atoms with Gasteiger partial charge in [0.15, 0.2) is 11.5 Å². The molecule has 1 aliphatic rings. The number of imide groups is 2. The van der Waals surface area contributed by atoms with Crippen LogP contribution in [-0.2, 0) is 22.4 Å². The Labute approximate surface area is 226 Å². The Morgan fingerprint density at radius 1 is 0.949 bits per heavy atom. The van der Waals surface area contributed by atoms with E-state index in [1.807, 2.05) is 37.4 Å². The zero-order chi connectivity index (χ0) is 28.5. The lowest BCUT2D eigenvalue weighted by molar-refractivity contribution is -0.137. The monoisotopic (exact) mass is 558 g/mol. The number of anilines is 1. The Kier molecular flexibility index (Phi) is 7.69. The third-order valence-electron chi connectivity index (χ3n) is 6.08. The molecule has 4 amide bonds. The second-order valence-electron chi connectivity index (χ2n) is 8.74. The molecule has 0 bridgehead atoms. The van der Waals surface area contributed by atoms with Crippen molar-refractivity contribution < 1.29 is 37.0 Å². The van der Waals surface area contributed by atoms with Crippen molar-refractivity contribution in [3.63, 3.8) is 0 Å². The van der Waals surface area contributed by atoms with E-state index in [1.54, 1.807) is 12.1 Å². The Bertz CT molecular complexity index is 1520. The minimum Gasteiger partial charge on any atom is -0.493 e. The maximum atomic E-state index is 13.2. The number of methoxy groups -OCH3 is 1. The summed E-state index contributed by atoms with van der Waals surface area (Å²) in [4.78, 5) is 38.6. The summed E-state index contributed by atoms with van der Waals surface area (Å²) in [5, 5.41) is 1.68. The van der Waals surface area contributed by atoms with Crippen LogP contribution in [0.1, 0.15) is 27.8 Å². The molecule has 1 heterocycles. The van der Waals surface area contributed by atoms with Gasteiger partial charge in [-0.3, -0.25) is 14.9 Å². The number of aryl methyl sites for hydroxylation is 2. The van der Waals surface area contributed by atoms with Gasteiger partial charge in [-0.1, -0.05) is 35.9 Å². The number of urea groups is 1. The predicted octanol–water partition coefficient (Wildman–Crippen LogP) is 6.23. The number of amides is 4. The Balaban J connectivity index is 1.63. The van der Waals surface area contributed by atoms with Crippen molar-refractivity contribution in [2.24, 2.45) is 0 Å². The number of hydrogen-bond acceptors (Lipinski definition) is 5. The van der Waals surface area contributed by atoms with Gasteiger partial charge in [-0.05, 0) is 72.5 Å². The number of halogens is 4. The number of alkyl halides is 3. The van der Waals surface area contributed by atoms with Gasteiger partial charge >= 0.3 is 12.2 Å². The Morgan fingerprint density at radius 2 is 1.69 bits per heavy atom. The minimum absolute atomic E-state index is 0.271. The molecular formula is C28H22ClF3N2O5. The van der Waals surface area contributed by atoms with Crippen LogP contribution in [0.3, 0.4) is 0 Å². The molecule has 11 heteroatoms. The SMILES string of the molecule is COc1cc(/C=C2/C(=O)NC(=O)N(c3cc(C(F)(F)F)ccc3Cl)C2=O)ccc1OCc1ccc(C)c(C)c1. The molecule has 7 nitrogen and oxygen atoms in total. The standard InChI is InChI=1S/C28H22ClF3N2O5/c1-15-4-5-18(10-16(15)2)14-39-23-9-6-17(12-24(23)38-3)11-20-25(35)33-27(37)34(26(20)36)22-13-19(28(30,31)32)7-8-21(22)29/h4-13H,14H2,1-3H3,(H,33,35,37)/b20-11-. The van der Waals surface area contributed by atoms with E-state index in [2.05, 4.69) is 0 Å². The summed E-state index contributed by atoms with van der Waals surface area (Å²) in [7, 11) is 1.42. The molecule has 1 aliphatic heterocycles. The number of carbonyl (C=O) groups excluding carboxylic acids is 3. The molecular weight excluding hydrogens is 537 g/mol. The molecule has 0 aliphatic carbocycles. The van der Waals surface area contributed by atoms with Crippen molar-refractivity contribution in [3.05, 3.63) is 93.0 Å². The number of carbonyl (C=O) groups is 3. The number of benzene rings is 3. The lowest BCUT2D eigenvalue weighted by Crippen LogP contribution is -2.54. The summed E-state index contributed by atoms with van der Waals surface area (Å²) in [5.74, 6) is -1.44. The first-order chi connectivity index (χ1) is 18.4. The van der Waals surface area contributed by atoms with Gasteiger partial charge in [0.2, 0.25) is 0 Å². The number of rotatable bonds is 6. The van der Waals surface area contributed by atoms with Gasteiger partial charge in [0.25, 0.3) is 11.8 Å². The molecule has 4 rings (SSSR count). The maximum absolute atomic E-state index is 13.2. The fraction of sp³-hybridized carbons (Fsp3) is 0.179. The third kappa shape index (κ3) is 5.91. The molecule has 0 radical (unpaired) electrons. The van der Waals surface area contributed by atoms with E-state index >= 15 is 0 Å². The molecule has 0 aromatic heterocycles. The highest BCUT2D eigenvalue weighted by Gasteiger charge is 2.39. The van der Waals surface area contributed by atoms with Gasteiger partial charge in [-0.15, -0.1) is 0 Å². The van der Waals surface area contributed by atoms with Crippen LogP contribution in [0.2, 0.25) is 5.02 Å². The summed E-state index contributed by atoms with van der Waals surface area (Å²) in [6, 6.07) is 11.6. The molecule has 1 saturated heterocycles. The number of barbiturate groups is 1. The predicted molar refractivity (Wildman–Crippen MR) is 139 cm³/mol.